The SMILES string of the molecule is CCc1cc(Cn2cc(C(=O)O)cc2Br)n(C)n1. The van der Waals surface area contributed by atoms with Crippen LogP contribution in [0.15, 0.2) is 22.9 Å². The molecule has 0 saturated carbocycles. The Morgan fingerprint density at radius 2 is 2.22 bits per heavy atom. The molecule has 2 rings (SSSR count). The average Bonchev–Trinajstić information content (AvgIpc) is 2.85. The molecule has 0 aliphatic carbocycles. The van der Waals surface area contributed by atoms with Crippen LogP contribution in [0, 0.1) is 0 Å². The molecule has 2 heterocycles. The molecule has 96 valence electrons. The number of hydrogen-bond acceptors (Lipinski definition) is 2. The van der Waals surface area contributed by atoms with Gasteiger partial charge in [-0.25, -0.2) is 4.79 Å². The number of carboxylic acid groups (broad SMARTS) is 1. The summed E-state index contributed by atoms with van der Waals surface area (Å²) in [4.78, 5) is 10.9. The number of carboxylic acids is 1. The minimum atomic E-state index is -0.922. The molecule has 6 heteroatoms. The molecular formula is C12H14BrN3O2. The van der Waals surface area contributed by atoms with E-state index in [-0.39, 0.29) is 5.56 Å². The average molecular weight is 312 g/mol. The van der Waals surface area contributed by atoms with Crippen molar-refractivity contribution in [3.05, 3.63) is 39.9 Å². The summed E-state index contributed by atoms with van der Waals surface area (Å²) in [5.41, 5.74) is 2.36. The quantitative estimate of drug-likeness (QED) is 0.942. The molecule has 0 amide bonds. The second kappa shape index (κ2) is 4.97. The number of hydrogen-bond donors (Lipinski definition) is 1. The van der Waals surface area contributed by atoms with E-state index in [2.05, 4.69) is 28.0 Å². The van der Waals surface area contributed by atoms with Crippen LogP contribution in [0.1, 0.15) is 28.7 Å². The van der Waals surface area contributed by atoms with E-state index in [4.69, 9.17) is 5.11 Å². The lowest BCUT2D eigenvalue weighted by Crippen LogP contribution is -2.05. The van der Waals surface area contributed by atoms with Gasteiger partial charge in [0.15, 0.2) is 0 Å². The molecule has 5 nitrogen and oxygen atoms in total. The number of carbonyl (C=O) groups is 1. The van der Waals surface area contributed by atoms with Crippen LogP contribution in [0.25, 0.3) is 0 Å². The van der Waals surface area contributed by atoms with Gasteiger partial charge in [-0.2, -0.15) is 5.10 Å². The maximum atomic E-state index is 10.9. The Labute approximate surface area is 113 Å². The highest BCUT2D eigenvalue weighted by atomic mass is 79.9. The molecule has 0 atom stereocenters. The van der Waals surface area contributed by atoms with Gasteiger partial charge < -0.3 is 9.67 Å². The van der Waals surface area contributed by atoms with Gasteiger partial charge in [-0.05, 0) is 34.5 Å². The van der Waals surface area contributed by atoms with Crippen molar-refractivity contribution < 1.29 is 9.90 Å². The highest BCUT2D eigenvalue weighted by Crippen LogP contribution is 2.17. The van der Waals surface area contributed by atoms with Crippen LogP contribution in [-0.4, -0.2) is 25.4 Å². The van der Waals surface area contributed by atoms with E-state index in [0.717, 1.165) is 22.4 Å². The first-order chi connectivity index (χ1) is 8.51. The van der Waals surface area contributed by atoms with Crippen LogP contribution in [0.2, 0.25) is 0 Å². The second-order valence-corrected chi connectivity index (χ2v) is 4.90. The van der Waals surface area contributed by atoms with E-state index in [0.29, 0.717) is 6.54 Å². The molecule has 0 unspecified atom stereocenters. The summed E-state index contributed by atoms with van der Waals surface area (Å²) in [6.45, 7) is 2.65. The summed E-state index contributed by atoms with van der Waals surface area (Å²) in [7, 11) is 1.89. The third-order valence-corrected chi connectivity index (χ3v) is 3.50. The lowest BCUT2D eigenvalue weighted by Gasteiger charge is -2.04. The van der Waals surface area contributed by atoms with E-state index in [1.165, 1.54) is 0 Å². The number of aromatic nitrogens is 3. The third-order valence-electron chi connectivity index (χ3n) is 2.81. The molecule has 0 aliphatic heterocycles. The lowest BCUT2D eigenvalue weighted by atomic mass is 10.3. The number of nitrogens with zero attached hydrogens (tertiary/aromatic N) is 3. The molecule has 2 aromatic rings. The van der Waals surface area contributed by atoms with E-state index in [9.17, 15) is 4.79 Å². The monoisotopic (exact) mass is 311 g/mol. The first kappa shape index (κ1) is 12.9. The summed E-state index contributed by atoms with van der Waals surface area (Å²) < 4.78 is 4.42. The van der Waals surface area contributed by atoms with Gasteiger partial charge in [0.1, 0.15) is 0 Å². The van der Waals surface area contributed by atoms with Gasteiger partial charge in [0.2, 0.25) is 0 Å². The lowest BCUT2D eigenvalue weighted by molar-refractivity contribution is 0.0697. The van der Waals surface area contributed by atoms with Gasteiger partial charge in [-0.1, -0.05) is 6.92 Å². The minimum Gasteiger partial charge on any atom is -0.478 e. The van der Waals surface area contributed by atoms with E-state index < -0.39 is 5.97 Å². The van der Waals surface area contributed by atoms with Crippen LogP contribution in [0.4, 0.5) is 0 Å². The number of aryl methyl sites for hydroxylation is 2. The van der Waals surface area contributed by atoms with Crippen LogP contribution < -0.4 is 0 Å². The molecule has 0 aliphatic rings. The normalized spacial score (nSPS) is 10.8. The van der Waals surface area contributed by atoms with Crippen molar-refractivity contribution in [1.29, 1.82) is 0 Å². The maximum Gasteiger partial charge on any atom is 0.337 e. The van der Waals surface area contributed by atoms with E-state index in [1.807, 2.05) is 22.4 Å². The fourth-order valence-electron chi connectivity index (χ4n) is 1.78. The standard InChI is InChI=1S/C12H14BrN3O2/c1-3-9-5-10(15(2)14-9)7-16-6-8(12(17)18)4-11(16)13/h4-6H,3,7H2,1-2H3,(H,17,18). The third kappa shape index (κ3) is 2.48. The first-order valence-corrected chi connectivity index (χ1v) is 6.41. The predicted molar refractivity (Wildman–Crippen MR) is 70.8 cm³/mol. The molecule has 0 spiro atoms. The van der Waals surface area contributed by atoms with Gasteiger partial charge >= 0.3 is 5.97 Å². The zero-order valence-electron chi connectivity index (χ0n) is 10.2. The Morgan fingerprint density at radius 3 is 2.72 bits per heavy atom. The zero-order chi connectivity index (χ0) is 13.3. The summed E-state index contributed by atoms with van der Waals surface area (Å²) in [6, 6.07) is 3.63. The Balaban J connectivity index is 2.27. The molecule has 0 saturated heterocycles. The molecule has 0 radical (unpaired) electrons. The molecular weight excluding hydrogens is 298 g/mol. The number of halogens is 1. The van der Waals surface area contributed by atoms with E-state index >= 15 is 0 Å². The van der Waals surface area contributed by atoms with Gasteiger partial charge in [-0.3, -0.25) is 4.68 Å². The van der Waals surface area contributed by atoms with Crippen LogP contribution in [-0.2, 0) is 20.0 Å². The molecule has 18 heavy (non-hydrogen) atoms. The predicted octanol–water partition coefficient (Wildman–Crippen LogP) is 2.29. The Morgan fingerprint density at radius 1 is 1.50 bits per heavy atom. The summed E-state index contributed by atoms with van der Waals surface area (Å²) in [5.74, 6) is -0.922. The summed E-state index contributed by atoms with van der Waals surface area (Å²) >= 11 is 3.36. The van der Waals surface area contributed by atoms with Crippen molar-refractivity contribution >= 4 is 21.9 Å². The van der Waals surface area contributed by atoms with Gasteiger partial charge in [0.25, 0.3) is 0 Å². The maximum absolute atomic E-state index is 10.9. The summed E-state index contributed by atoms with van der Waals surface area (Å²) in [6.07, 6.45) is 2.51. The van der Waals surface area contributed by atoms with Crippen molar-refractivity contribution in [1.82, 2.24) is 14.3 Å². The van der Waals surface area contributed by atoms with Crippen molar-refractivity contribution in [2.24, 2.45) is 7.05 Å². The highest BCUT2D eigenvalue weighted by molar-refractivity contribution is 9.10. The topological polar surface area (TPSA) is 60.1 Å². The molecule has 0 fully saturated rings. The Kier molecular flexibility index (Phi) is 3.56. The van der Waals surface area contributed by atoms with E-state index in [1.54, 1.807) is 12.3 Å². The van der Waals surface area contributed by atoms with Crippen LogP contribution >= 0.6 is 15.9 Å². The largest absolute Gasteiger partial charge is 0.478 e. The van der Waals surface area contributed by atoms with Crippen molar-refractivity contribution in [3.8, 4) is 0 Å². The summed E-state index contributed by atoms with van der Waals surface area (Å²) in [5, 5.41) is 13.3. The first-order valence-electron chi connectivity index (χ1n) is 5.62. The molecule has 1 N–H and O–H groups in total. The zero-order valence-corrected chi connectivity index (χ0v) is 11.8. The van der Waals surface area contributed by atoms with Gasteiger partial charge in [0.05, 0.1) is 28.1 Å². The number of rotatable bonds is 4. The Bertz CT molecular complexity index is 586. The van der Waals surface area contributed by atoms with Crippen LogP contribution in [0.3, 0.4) is 0 Å². The number of aromatic carboxylic acids is 1. The molecule has 0 aromatic carbocycles. The van der Waals surface area contributed by atoms with Crippen LogP contribution in [0.5, 0.6) is 0 Å². The Hall–Kier alpha value is -1.56. The van der Waals surface area contributed by atoms with Gasteiger partial charge in [0, 0.05) is 13.2 Å². The molecule has 2 aromatic heterocycles. The van der Waals surface area contributed by atoms with Gasteiger partial charge in [-0.15, -0.1) is 0 Å². The fourth-order valence-corrected chi connectivity index (χ4v) is 2.26. The fraction of sp³-hybridized carbons (Fsp3) is 0.333. The smallest absolute Gasteiger partial charge is 0.337 e. The van der Waals surface area contributed by atoms with Crippen molar-refractivity contribution in [2.75, 3.05) is 0 Å². The highest BCUT2D eigenvalue weighted by Gasteiger charge is 2.11. The van der Waals surface area contributed by atoms with Crippen molar-refractivity contribution in [2.45, 2.75) is 19.9 Å². The molecule has 0 bridgehead atoms. The van der Waals surface area contributed by atoms with Crippen molar-refractivity contribution in [3.63, 3.8) is 0 Å². The minimum absolute atomic E-state index is 0.278. The second-order valence-electron chi connectivity index (χ2n) is 4.09.